The lowest BCUT2D eigenvalue weighted by molar-refractivity contribution is 0.655. The highest BCUT2D eigenvalue weighted by molar-refractivity contribution is 6.18. The first-order valence-corrected chi connectivity index (χ1v) is 16.2. The fourth-order valence-corrected chi connectivity index (χ4v) is 6.71. The molecule has 0 aliphatic rings. The van der Waals surface area contributed by atoms with Crippen LogP contribution in [0.5, 0.6) is 0 Å². The smallest absolute Gasteiger partial charge is 0.227 e. The number of hydrogen-bond acceptors (Lipinski definition) is 3. The maximum atomic E-state index is 6.27. The number of aromatic nitrogens is 1. The van der Waals surface area contributed by atoms with Crippen molar-refractivity contribution in [2.24, 2.45) is 0 Å². The Labute approximate surface area is 279 Å². The molecule has 48 heavy (non-hydrogen) atoms. The van der Waals surface area contributed by atoms with Gasteiger partial charge in [0.1, 0.15) is 5.58 Å². The number of anilines is 3. The van der Waals surface area contributed by atoms with Crippen molar-refractivity contribution in [3.63, 3.8) is 0 Å². The van der Waals surface area contributed by atoms with Crippen molar-refractivity contribution in [3.8, 4) is 33.5 Å². The van der Waals surface area contributed by atoms with Gasteiger partial charge in [-0.25, -0.2) is 4.98 Å². The standard InChI is InChI=1S/C45H30N2O/c1-3-10-31(11-4-1)33-18-23-37(24-19-33)47(39-16-9-15-36(30-39)32-12-5-2-6-13-32)38-25-20-35(21-26-38)42-28-27-41-44-40-17-8-7-14-34(40)22-29-43(44)48-45(41)46-42/h1-30H. The third-order valence-electron chi connectivity index (χ3n) is 9.09. The van der Waals surface area contributed by atoms with Gasteiger partial charge in [-0.15, -0.1) is 0 Å². The largest absolute Gasteiger partial charge is 0.438 e. The van der Waals surface area contributed by atoms with E-state index in [2.05, 4.69) is 181 Å². The lowest BCUT2D eigenvalue weighted by Crippen LogP contribution is -2.10. The van der Waals surface area contributed by atoms with Gasteiger partial charge in [0.05, 0.1) is 5.69 Å². The summed E-state index contributed by atoms with van der Waals surface area (Å²) < 4.78 is 6.27. The highest BCUT2D eigenvalue weighted by atomic mass is 16.3. The summed E-state index contributed by atoms with van der Waals surface area (Å²) >= 11 is 0. The summed E-state index contributed by atoms with van der Waals surface area (Å²) in [7, 11) is 0. The van der Waals surface area contributed by atoms with E-state index < -0.39 is 0 Å². The summed E-state index contributed by atoms with van der Waals surface area (Å²) in [5.41, 5.74) is 11.4. The Hall–Kier alpha value is -6.45. The maximum absolute atomic E-state index is 6.27. The molecule has 0 aliphatic carbocycles. The zero-order valence-electron chi connectivity index (χ0n) is 26.1. The zero-order chi connectivity index (χ0) is 31.9. The maximum Gasteiger partial charge on any atom is 0.227 e. The van der Waals surface area contributed by atoms with Gasteiger partial charge in [-0.05, 0) is 87.6 Å². The molecule has 2 aromatic heterocycles. The number of pyridine rings is 1. The Balaban J connectivity index is 1.11. The van der Waals surface area contributed by atoms with Crippen LogP contribution in [0.4, 0.5) is 17.1 Å². The summed E-state index contributed by atoms with van der Waals surface area (Å²) in [5.74, 6) is 0. The van der Waals surface area contributed by atoms with E-state index in [1.54, 1.807) is 0 Å². The van der Waals surface area contributed by atoms with Crippen LogP contribution in [0, 0.1) is 0 Å². The summed E-state index contributed by atoms with van der Waals surface area (Å²) in [6, 6.07) is 64.0. The van der Waals surface area contributed by atoms with Crippen LogP contribution in [0.25, 0.3) is 66.4 Å². The van der Waals surface area contributed by atoms with E-state index in [-0.39, 0.29) is 0 Å². The molecule has 0 bridgehead atoms. The van der Waals surface area contributed by atoms with Gasteiger partial charge in [0.2, 0.25) is 5.71 Å². The van der Waals surface area contributed by atoms with Crippen molar-refractivity contribution in [1.82, 2.24) is 4.98 Å². The molecule has 0 saturated heterocycles. The van der Waals surface area contributed by atoms with E-state index in [1.807, 2.05) is 6.07 Å². The molecule has 9 aromatic rings. The van der Waals surface area contributed by atoms with Gasteiger partial charge in [-0.1, -0.05) is 127 Å². The Kier molecular flexibility index (Phi) is 6.80. The molecule has 0 fully saturated rings. The van der Waals surface area contributed by atoms with Gasteiger partial charge < -0.3 is 9.32 Å². The first-order valence-electron chi connectivity index (χ1n) is 16.2. The number of furan rings is 1. The van der Waals surface area contributed by atoms with Crippen LogP contribution in [-0.4, -0.2) is 4.98 Å². The molecule has 3 nitrogen and oxygen atoms in total. The van der Waals surface area contributed by atoms with Crippen molar-refractivity contribution in [2.75, 3.05) is 4.90 Å². The van der Waals surface area contributed by atoms with Crippen molar-refractivity contribution in [3.05, 3.63) is 182 Å². The number of hydrogen-bond donors (Lipinski definition) is 0. The number of fused-ring (bicyclic) bond motifs is 5. The molecule has 0 aliphatic heterocycles. The highest BCUT2D eigenvalue weighted by Crippen LogP contribution is 2.39. The van der Waals surface area contributed by atoms with Crippen LogP contribution in [0.1, 0.15) is 0 Å². The van der Waals surface area contributed by atoms with Gasteiger partial charge in [0.15, 0.2) is 0 Å². The molecule has 0 radical (unpaired) electrons. The molecule has 0 spiro atoms. The van der Waals surface area contributed by atoms with E-state index in [1.165, 1.54) is 33.0 Å². The van der Waals surface area contributed by atoms with Crippen LogP contribution in [-0.2, 0) is 0 Å². The molecule has 0 unspecified atom stereocenters. The molecular formula is C45H30N2O. The molecule has 0 N–H and O–H groups in total. The van der Waals surface area contributed by atoms with Crippen molar-refractivity contribution < 1.29 is 4.42 Å². The number of benzene rings is 7. The third kappa shape index (κ3) is 4.99. The minimum atomic E-state index is 0.654. The Morgan fingerprint density at radius 1 is 0.396 bits per heavy atom. The predicted octanol–water partition coefficient (Wildman–Crippen LogP) is 12.6. The van der Waals surface area contributed by atoms with Gasteiger partial charge in [0.25, 0.3) is 0 Å². The fourth-order valence-electron chi connectivity index (χ4n) is 6.71. The molecule has 0 saturated carbocycles. The third-order valence-corrected chi connectivity index (χ3v) is 9.09. The van der Waals surface area contributed by atoms with E-state index in [0.29, 0.717) is 5.71 Å². The Bertz CT molecular complexity index is 2540. The number of nitrogens with zero attached hydrogens (tertiary/aromatic N) is 2. The highest BCUT2D eigenvalue weighted by Gasteiger charge is 2.16. The molecule has 9 rings (SSSR count). The molecule has 2 heterocycles. The minimum absolute atomic E-state index is 0.654. The van der Waals surface area contributed by atoms with Gasteiger partial charge in [-0.3, -0.25) is 0 Å². The average molecular weight is 615 g/mol. The van der Waals surface area contributed by atoms with Crippen LogP contribution < -0.4 is 4.90 Å². The summed E-state index contributed by atoms with van der Waals surface area (Å²) in [6.45, 7) is 0. The quantitative estimate of drug-likeness (QED) is 0.187. The first kappa shape index (κ1) is 27.8. The van der Waals surface area contributed by atoms with E-state index in [9.17, 15) is 0 Å². The van der Waals surface area contributed by atoms with Crippen molar-refractivity contribution >= 4 is 49.9 Å². The van der Waals surface area contributed by atoms with Crippen LogP contribution in [0.15, 0.2) is 186 Å². The average Bonchev–Trinajstić information content (AvgIpc) is 3.55. The molecule has 7 aromatic carbocycles. The minimum Gasteiger partial charge on any atom is -0.438 e. The lowest BCUT2D eigenvalue weighted by atomic mass is 10.0. The summed E-state index contributed by atoms with van der Waals surface area (Å²) in [5, 5.41) is 4.52. The van der Waals surface area contributed by atoms with Crippen molar-refractivity contribution in [2.45, 2.75) is 0 Å². The first-order chi connectivity index (χ1) is 23.8. The fraction of sp³-hybridized carbons (Fsp3) is 0. The summed E-state index contributed by atoms with van der Waals surface area (Å²) in [4.78, 5) is 7.30. The Morgan fingerprint density at radius 3 is 1.73 bits per heavy atom. The summed E-state index contributed by atoms with van der Waals surface area (Å²) in [6.07, 6.45) is 0. The molecule has 226 valence electrons. The van der Waals surface area contributed by atoms with Gasteiger partial charge in [0, 0.05) is 33.4 Å². The second-order valence-electron chi connectivity index (χ2n) is 12.0. The predicted molar refractivity (Wildman–Crippen MR) is 200 cm³/mol. The Morgan fingerprint density at radius 2 is 1.00 bits per heavy atom. The second-order valence-corrected chi connectivity index (χ2v) is 12.0. The second kappa shape index (κ2) is 11.7. The lowest BCUT2D eigenvalue weighted by Gasteiger charge is -2.26. The van der Waals surface area contributed by atoms with Crippen molar-refractivity contribution in [1.29, 1.82) is 0 Å². The van der Waals surface area contributed by atoms with Crippen LogP contribution >= 0.6 is 0 Å². The number of rotatable bonds is 6. The van der Waals surface area contributed by atoms with E-state index >= 15 is 0 Å². The molecule has 0 amide bonds. The normalized spacial score (nSPS) is 11.3. The zero-order valence-corrected chi connectivity index (χ0v) is 26.1. The topological polar surface area (TPSA) is 29.3 Å². The molecule has 3 heteroatoms. The van der Waals surface area contributed by atoms with Crippen LogP contribution in [0.3, 0.4) is 0 Å². The van der Waals surface area contributed by atoms with Gasteiger partial charge >= 0.3 is 0 Å². The van der Waals surface area contributed by atoms with Gasteiger partial charge in [-0.2, -0.15) is 0 Å². The van der Waals surface area contributed by atoms with Crippen LogP contribution in [0.2, 0.25) is 0 Å². The van der Waals surface area contributed by atoms with E-state index in [0.717, 1.165) is 44.7 Å². The molecular weight excluding hydrogens is 585 g/mol. The van der Waals surface area contributed by atoms with E-state index in [4.69, 9.17) is 9.40 Å². The molecule has 0 atom stereocenters. The monoisotopic (exact) mass is 614 g/mol. The SMILES string of the molecule is c1ccc(-c2ccc(N(c3ccc(-c4ccc5c(n4)oc4ccc6ccccc6c45)cc3)c3cccc(-c4ccccc4)c3)cc2)cc1.